The predicted octanol–water partition coefficient (Wildman–Crippen LogP) is 11.3. The van der Waals surface area contributed by atoms with Gasteiger partial charge in [0.25, 0.3) is 0 Å². The molecule has 1 heterocycles. The van der Waals surface area contributed by atoms with Gasteiger partial charge in [-0.1, -0.05) is 123 Å². The van der Waals surface area contributed by atoms with Gasteiger partial charge in [0.15, 0.2) is 0 Å². The van der Waals surface area contributed by atoms with Gasteiger partial charge >= 0.3 is 0 Å². The molecule has 9 rings (SSSR count). The van der Waals surface area contributed by atoms with E-state index in [9.17, 15) is 9.60 Å². The normalized spacial score (nSPS) is 19.3. The molecular formula is C43H32N2. The Morgan fingerprint density at radius 1 is 0.644 bits per heavy atom. The zero-order valence-electron chi connectivity index (χ0n) is 42.0. The van der Waals surface area contributed by atoms with Crippen molar-refractivity contribution in [3.8, 4) is 39.1 Å². The maximum absolute atomic E-state index is 9.88. The van der Waals surface area contributed by atoms with E-state index in [1.807, 2.05) is 0 Å². The Balaban J connectivity index is 1.50. The summed E-state index contributed by atoms with van der Waals surface area (Å²) in [5.74, 6) is -0.276. The van der Waals surface area contributed by atoms with Crippen LogP contribution in [0.2, 0.25) is 0 Å². The molecule has 1 aliphatic carbocycles. The zero-order chi connectivity index (χ0) is 45.8. The Morgan fingerprint density at radius 2 is 1.29 bits per heavy atom. The van der Waals surface area contributed by atoms with E-state index in [2.05, 4.69) is 4.98 Å². The summed E-state index contributed by atoms with van der Waals surface area (Å²) in [6.07, 6.45) is 0. The molecule has 0 saturated heterocycles. The van der Waals surface area contributed by atoms with Crippen LogP contribution in [0.15, 0.2) is 139 Å². The van der Waals surface area contributed by atoms with Crippen LogP contribution in [0.25, 0.3) is 71.6 Å². The monoisotopic (exact) mass is 594 g/mol. The molecule has 45 heavy (non-hydrogen) atoms. The zero-order valence-corrected chi connectivity index (χ0v) is 24.0. The highest BCUT2D eigenvalue weighted by Crippen LogP contribution is 2.51. The minimum absolute atomic E-state index is 0.0258. The average molecular weight is 595 g/mol. The summed E-state index contributed by atoms with van der Waals surface area (Å²) in [7, 11) is 0. The number of fused-ring (bicyclic) bond motifs is 6. The predicted molar refractivity (Wildman–Crippen MR) is 189 cm³/mol. The van der Waals surface area contributed by atoms with Gasteiger partial charge in [-0.2, -0.15) is 0 Å². The first-order valence-corrected chi connectivity index (χ1v) is 14.3. The molecule has 0 N–H and O–H groups in total. The van der Waals surface area contributed by atoms with E-state index < -0.39 is 108 Å². The Hall–Kier alpha value is -5.47. The Labute approximate surface area is 288 Å². The van der Waals surface area contributed by atoms with Crippen molar-refractivity contribution >= 4 is 32.6 Å². The summed E-state index contributed by atoms with van der Waals surface area (Å²) in [6.45, 7) is 0.513. The molecule has 0 bridgehead atoms. The first-order valence-electron chi connectivity index (χ1n) is 23.3. The quantitative estimate of drug-likeness (QED) is 0.186. The van der Waals surface area contributed by atoms with E-state index in [1.54, 1.807) is 56.3 Å². The molecule has 2 heteroatoms. The number of rotatable bonds is 3. The molecule has 0 unspecified atom stereocenters. The lowest BCUT2D eigenvalue weighted by Crippen LogP contribution is -2.14. The van der Waals surface area contributed by atoms with Crippen LogP contribution in [-0.2, 0) is 5.41 Å². The van der Waals surface area contributed by atoms with Crippen molar-refractivity contribution in [1.82, 2.24) is 9.55 Å². The molecule has 0 aliphatic heterocycles. The number of nitrogens with zero attached hydrogens (tertiary/aromatic N) is 2. The van der Waals surface area contributed by atoms with E-state index in [1.165, 1.54) is 10.6 Å². The summed E-state index contributed by atoms with van der Waals surface area (Å²) in [4.78, 5) is 4.40. The lowest BCUT2D eigenvalue weighted by atomic mass is 9.80. The first kappa shape index (κ1) is 13.7. The van der Waals surface area contributed by atoms with Crippen molar-refractivity contribution in [3.05, 3.63) is 156 Å². The van der Waals surface area contributed by atoms with Crippen molar-refractivity contribution in [1.29, 1.82) is 0 Å². The van der Waals surface area contributed by atoms with Crippen LogP contribution in [0.3, 0.4) is 0 Å². The molecule has 0 amide bonds. The molecule has 2 nitrogen and oxygen atoms in total. The van der Waals surface area contributed by atoms with Crippen molar-refractivity contribution in [2.24, 2.45) is 0 Å². The number of aryl methyl sites for hydroxylation is 1. The van der Waals surface area contributed by atoms with E-state index in [4.69, 9.17) is 15.1 Å². The maximum Gasteiger partial charge on any atom is 0.111 e. The standard InChI is InChI=1S/C43H32N2/c1-27-44-39-21-10-11-22-40(39)45(27)30-14-12-13-28(25-30)41-33-16-4-6-18-35(33)42(36-19-7-5-17-34(36)41)29-23-24-32-31-15-8-9-20-37(31)43(2,3)38(32)26-29/h4-26H,1-3H3/i1D3,4D,5D,6D,7D,8D,9D,15D,16D,17D,18D,19D,20D,23D,24D,26D. The molecular weight excluding hydrogens is 544 g/mol. The van der Waals surface area contributed by atoms with Gasteiger partial charge in [0.1, 0.15) is 5.82 Å². The molecule has 0 radical (unpaired) electrons. The molecule has 0 spiro atoms. The smallest absolute Gasteiger partial charge is 0.111 e. The molecule has 1 aliphatic rings. The lowest BCUT2D eigenvalue weighted by molar-refractivity contribution is 0.660. The molecule has 0 fully saturated rings. The van der Waals surface area contributed by atoms with Crippen LogP contribution in [0.1, 0.15) is 55.5 Å². The summed E-state index contributed by atoms with van der Waals surface area (Å²) in [6, 6.07) is 3.79. The van der Waals surface area contributed by atoms with Gasteiger partial charge in [0, 0.05) is 15.2 Å². The Morgan fingerprint density at radius 3 is 2.02 bits per heavy atom. The fourth-order valence-electron chi connectivity index (χ4n) is 6.53. The Bertz CT molecular complexity index is 3340. The van der Waals surface area contributed by atoms with Crippen LogP contribution in [0.5, 0.6) is 0 Å². The molecule has 1 aromatic heterocycles. The van der Waals surface area contributed by atoms with Gasteiger partial charge in [0.2, 0.25) is 0 Å². The lowest BCUT2D eigenvalue weighted by Gasteiger charge is -2.23. The summed E-state index contributed by atoms with van der Waals surface area (Å²) in [5.41, 5.74) is -1.03. The van der Waals surface area contributed by atoms with Crippen LogP contribution >= 0.6 is 0 Å². The SMILES string of the molecule is [2H]c1c([2H])c([2H])c2c(c1[2H])-c1c([2H])c([2H])c(-c3c4c([2H])c([2H])c([2H])c([2H])c4c(-c4cccc(-n5c(C([2H])([2H])[2H])nc6ccccc65)c4)c4c([2H])c([2H])c([2H])c([2H])c34)c([2H])c1C2(C)C. The fraction of sp³-hybridized carbons (Fsp3) is 0.0930. The van der Waals surface area contributed by atoms with Crippen LogP contribution in [0, 0.1) is 6.85 Å². The van der Waals surface area contributed by atoms with Gasteiger partial charge in [0.05, 0.1) is 31.6 Å². The topological polar surface area (TPSA) is 17.8 Å². The van der Waals surface area contributed by atoms with E-state index in [0.717, 1.165) is 0 Å². The van der Waals surface area contributed by atoms with Crippen LogP contribution in [-0.4, -0.2) is 9.55 Å². The van der Waals surface area contributed by atoms with Crippen molar-refractivity contribution in [2.75, 3.05) is 0 Å². The molecule has 0 saturated carbocycles. The van der Waals surface area contributed by atoms with E-state index in [-0.39, 0.29) is 72.0 Å². The number of imidazole rings is 1. The number of hydrogen-bond acceptors (Lipinski definition) is 1. The van der Waals surface area contributed by atoms with Crippen LogP contribution in [0.4, 0.5) is 0 Å². The minimum Gasteiger partial charge on any atom is -0.297 e. The number of aromatic nitrogens is 2. The highest BCUT2D eigenvalue weighted by atomic mass is 15.1. The van der Waals surface area contributed by atoms with Crippen LogP contribution < -0.4 is 0 Å². The van der Waals surface area contributed by atoms with Gasteiger partial charge in [-0.05, 0) is 103 Å². The third-order valence-corrected chi connectivity index (χ3v) is 8.58. The van der Waals surface area contributed by atoms with Crippen molar-refractivity contribution in [2.45, 2.75) is 26.1 Å². The van der Waals surface area contributed by atoms with E-state index in [0.29, 0.717) is 11.0 Å². The summed E-state index contributed by atoms with van der Waals surface area (Å²) < 4.78 is 163. The van der Waals surface area contributed by atoms with Gasteiger partial charge in [-0.15, -0.1) is 0 Å². The third-order valence-electron chi connectivity index (χ3n) is 8.58. The van der Waals surface area contributed by atoms with Gasteiger partial charge in [-0.3, -0.25) is 4.57 Å². The number of benzene rings is 7. The van der Waals surface area contributed by atoms with Crippen molar-refractivity contribution < 1.29 is 24.7 Å². The average Bonchev–Trinajstić information content (AvgIpc) is 3.76. The first-order chi connectivity index (χ1) is 29.5. The highest BCUT2D eigenvalue weighted by Gasteiger charge is 2.35. The third kappa shape index (κ3) is 3.72. The summed E-state index contributed by atoms with van der Waals surface area (Å²) in [5, 5.41) is -1.14. The maximum atomic E-state index is 9.88. The largest absolute Gasteiger partial charge is 0.297 e. The van der Waals surface area contributed by atoms with Crippen molar-refractivity contribution in [3.63, 3.8) is 0 Å². The second kappa shape index (κ2) is 9.51. The number of hydrogen-bond donors (Lipinski definition) is 0. The Kier molecular flexibility index (Phi) is 2.89. The molecule has 214 valence electrons. The fourth-order valence-corrected chi connectivity index (χ4v) is 6.53. The highest BCUT2D eigenvalue weighted by molar-refractivity contribution is 6.21. The minimum atomic E-state index is -2.70. The summed E-state index contributed by atoms with van der Waals surface area (Å²) >= 11 is 0. The second-order valence-electron chi connectivity index (χ2n) is 11.4. The van der Waals surface area contributed by atoms with Gasteiger partial charge < -0.3 is 0 Å². The second-order valence-corrected chi connectivity index (χ2v) is 11.4. The molecule has 0 atom stereocenters. The number of para-hydroxylation sites is 2. The molecule has 7 aromatic carbocycles. The molecule has 8 aromatic rings. The van der Waals surface area contributed by atoms with E-state index >= 15 is 0 Å². The van der Waals surface area contributed by atoms with Gasteiger partial charge in [-0.25, -0.2) is 4.98 Å².